The number of piperidine rings is 1. The number of nitrogens with one attached hydrogen (secondary N) is 2. The zero-order chi connectivity index (χ0) is 27.4. The second-order valence-corrected chi connectivity index (χ2v) is 9.34. The lowest BCUT2D eigenvalue weighted by Crippen LogP contribution is -2.52. The Morgan fingerprint density at radius 3 is 2.36 bits per heavy atom. The van der Waals surface area contributed by atoms with E-state index in [2.05, 4.69) is 20.9 Å². The molecule has 39 heavy (non-hydrogen) atoms. The maximum atomic E-state index is 13.0. The van der Waals surface area contributed by atoms with E-state index in [0.29, 0.717) is 52.0 Å². The largest absolute Gasteiger partial charge is 0.492 e. The molecular weight excluding hydrogens is 522 g/mol. The molecule has 11 heteroatoms. The van der Waals surface area contributed by atoms with E-state index in [-0.39, 0.29) is 37.1 Å². The van der Waals surface area contributed by atoms with Crippen LogP contribution in [-0.2, 0) is 16.1 Å². The molecule has 1 saturated heterocycles. The third-order valence-electron chi connectivity index (χ3n) is 6.42. The van der Waals surface area contributed by atoms with Gasteiger partial charge in [-0.25, -0.2) is 0 Å². The number of fused-ring (bicyclic) bond motifs is 1. The van der Waals surface area contributed by atoms with Gasteiger partial charge >= 0.3 is 0 Å². The summed E-state index contributed by atoms with van der Waals surface area (Å²) in [7, 11) is 0. The molecule has 0 aromatic heterocycles. The lowest BCUT2D eigenvalue weighted by atomic mass is 10.0. The lowest BCUT2D eigenvalue weighted by molar-refractivity contribution is -0.136. The van der Waals surface area contributed by atoms with Crippen molar-refractivity contribution in [3.05, 3.63) is 83.4 Å². The first-order valence-corrected chi connectivity index (χ1v) is 12.8. The van der Waals surface area contributed by atoms with E-state index in [1.807, 2.05) is 0 Å². The van der Waals surface area contributed by atoms with Gasteiger partial charge in [0.25, 0.3) is 11.8 Å². The first kappa shape index (κ1) is 26.1. The second kappa shape index (κ2) is 11.4. The molecule has 5 rings (SSSR count). The van der Waals surface area contributed by atoms with E-state index in [9.17, 15) is 19.2 Å². The monoisotopic (exact) mass is 545 g/mol. The van der Waals surface area contributed by atoms with Crippen LogP contribution in [0.2, 0.25) is 0 Å². The maximum Gasteiger partial charge on any atom is 0.255 e. The summed E-state index contributed by atoms with van der Waals surface area (Å²) in [4.78, 5) is 51.3. The molecule has 0 saturated carbocycles. The van der Waals surface area contributed by atoms with Crippen molar-refractivity contribution in [3.63, 3.8) is 0 Å². The van der Waals surface area contributed by atoms with Crippen molar-refractivity contribution in [2.75, 3.05) is 17.8 Å². The van der Waals surface area contributed by atoms with Crippen LogP contribution in [0.3, 0.4) is 0 Å². The number of azo groups is 1. The van der Waals surface area contributed by atoms with Crippen molar-refractivity contribution in [1.82, 2.24) is 10.2 Å². The van der Waals surface area contributed by atoms with Gasteiger partial charge in [0.1, 0.15) is 18.4 Å². The number of carbonyl (C=O) groups excluding carboxylic acids is 4. The third kappa shape index (κ3) is 5.80. The molecule has 0 radical (unpaired) electrons. The van der Waals surface area contributed by atoms with Crippen molar-refractivity contribution in [1.29, 1.82) is 0 Å². The fourth-order valence-electron chi connectivity index (χ4n) is 4.46. The average Bonchev–Trinajstić information content (AvgIpc) is 3.28. The fraction of sp³-hybridized carbons (Fsp3) is 0.214. The predicted molar refractivity (Wildman–Crippen MR) is 144 cm³/mol. The summed E-state index contributed by atoms with van der Waals surface area (Å²) in [6.07, 6.45) is 0.440. The summed E-state index contributed by atoms with van der Waals surface area (Å²) in [5, 5.41) is 13.6. The second-order valence-electron chi connectivity index (χ2n) is 8.96. The first-order chi connectivity index (χ1) is 18.9. The van der Waals surface area contributed by atoms with Gasteiger partial charge in [-0.3, -0.25) is 24.5 Å². The van der Waals surface area contributed by atoms with Crippen LogP contribution in [0.5, 0.6) is 5.75 Å². The van der Waals surface area contributed by atoms with E-state index in [1.54, 1.807) is 66.7 Å². The third-order valence-corrected chi connectivity index (χ3v) is 6.58. The molecule has 1 unspecified atom stereocenters. The Morgan fingerprint density at radius 1 is 1.00 bits per heavy atom. The van der Waals surface area contributed by atoms with Gasteiger partial charge in [0.05, 0.1) is 17.3 Å². The number of imide groups is 1. The minimum absolute atomic E-state index is 0.163. The van der Waals surface area contributed by atoms with E-state index < -0.39 is 11.9 Å². The highest BCUT2D eigenvalue weighted by atomic mass is 35.5. The summed E-state index contributed by atoms with van der Waals surface area (Å²) in [5.41, 5.74) is 3.16. The highest BCUT2D eigenvalue weighted by Crippen LogP contribution is 2.32. The number of carbonyl (C=O) groups is 4. The Bertz CT molecular complexity index is 1460. The number of nitrogens with zero attached hydrogens (tertiary/aromatic N) is 3. The number of ether oxygens (including phenoxy) is 1. The van der Waals surface area contributed by atoms with Crippen LogP contribution < -0.4 is 15.4 Å². The summed E-state index contributed by atoms with van der Waals surface area (Å²) in [6.45, 7) is 0.587. The van der Waals surface area contributed by atoms with Gasteiger partial charge in [-0.1, -0.05) is 6.07 Å². The number of alkyl halides is 1. The minimum Gasteiger partial charge on any atom is -0.492 e. The van der Waals surface area contributed by atoms with E-state index in [0.717, 1.165) is 0 Å². The van der Waals surface area contributed by atoms with Crippen LogP contribution in [-0.4, -0.2) is 47.1 Å². The molecule has 1 atom stereocenters. The number of halogens is 1. The highest BCUT2D eigenvalue weighted by molar-refractivity contribution is 6.18. The predicted octanol–water partition coefficient (Wildman–Crippen LogP) is 4.73. The topological polar surface area (TPSA) is 130 Å². The van der Waals surface area contributed by atoms with Gasteiger partial charge in [-0.2, -0.15) is 10.2 Å². The maximum absolute atomic E-state index is 13.0. The van der Waals surface area contributed by atoms with Gasteiger partial charge in [-0.05, 0) is 67.1 Å². The van der Waals surface area contributed by atoms with Crippen LogP contribution in [0.15, 0.2) is 77.0 Å². The molecule has 2 aliphatic heterocycles. The van der Waals surface area contributed by atoms with Crippen LogP contribution in [0.25, 0.3) is 0 Å². The van der Waals surface area contributed by atoms with Crippen LogP contribution in [0.4, 0.5) is 17.1 Å². The minimum atomic E-state index is -0.727. The Morgan fingerprint density at radius 2 is 1.69 bits per heavy atom. The van der Waals surface area contributed by atoms with Crippen molar-refractivity contribution < 1.29 is 23.9 Å². The summed E-state index contributed by atoms with van der Waals surface area (Å²) in [5.74, 6) is -0.380. The molecule has 4 amide bonds. The molecule has 2 aliphatic rings. The summed E-state index contributed by atoms with van der Waals surface area (Å²) < 4.78 is 5.43. The molecular formula is C28H24ClN5O5. The number of hydrogen-bond acceptors (Lipinski definition) is 7. The summed E-state index contributed by atoms with van der Waals surface area (Å²) in [6, 6.07) is 18.1. The molecule has 3 aromatic carbocycles. The number of hydrogen-bond donors (Lipinski definition) is 2. The number of amides is 4. The Labute approximate surface area is 229 Å². The quantitative estimate of drug-likeness (QED) is 0.240. The van der Waals surface area contributed by atoms with Crippen molar-refractivity contribution in [3.8, 4) is 5.75 Å². The zero-order valence-corrected chi connectivity index (χ0v) is 21.5. The standard InChI is InChI=1S/C28H24ClN5O5/c29-14-15-39-20-10-8-19(9-11-20)33-32-18-6-4-17(5-7-18)26(36)30-23-3-1-2-21-22(23)16-34(28(21)38)24-12-13-25(35)31-27(24)37/h1-11,24H,12-16H2,(H,30,36)(H,31,35,37)/b33-32+. The van der Waals surface area contributed by atoms with Gasteiger partial charge in [0, 0.05) is 35.3 Å². The molecule has 2 N–H and O–H groups in total. The normalized spacial score (nSPS) is 16.8. The van der Waals surface area contributed by atoms with Crippen LogP contribution in [0.1, 0.15) is 39.1 Å². The number of anilines is 1. The highest BCUT2D eigenvalue weighted by Gasteiger charge is 2.40. The summed E-state index contributed by atoms with van der Waals surface area (Å²) >= 11 is 5.62. The van der Waals surface area contributed by atoms with Gasteiger partial charge < -0.3 is 15.0 Å². The first-order valence-electron chi connectivity index (χ1n) is 12.3. The van der Waals surface area contributed by atoms with Gasteiger partial charge in [-0.15, -0.1) is 11.6 Å². The molecule has 10 nitrogen and oxygen atoms in total. The molecule has 0 spiro atoms. The molecule has 0 aliphatic carbocycles. The Kier molecular flexibility index (Phi) is 7.64. The van der Waals surface area contributed by atoms with Gasteiger partial charge in [0.15, 0.2) is 0 Å². The Hall–Kier alpha value is -4.57. The molecule has 2 heterocycles. The Balaban J connectivity index is 1.24. The van der Waals surface area contributed by atoms with E-state index in [4.69, 9.17) is 16.3 Å². The average molecular weight is 546 g/mol. The van der Waals surface area contributed by atoms with Crippen molar-refractivity contribution >= 4 is 52.3 Å². The number of rotatable bonds is 8. The van der Waals surface area contributed by atoms with Crippen molar-refractivity contribution in [2.45, 2.75) is 25.4 Å². The van der Waals surface area contributed by atoms with Gasteiger partial charge in [0.2, 0.25) is 11.8 Å². The number of benzene rings is 3. The van der Waals surface area contributed by atoms with Crippen LogP contribution >= 0.6 is 11.6 Å². The fourth-order valence-corrected chi connectivity index (χ4v) is 4.53. The zero-order valence-electron chi connectivity index (χ0n) is 20.7. The van der Waals surface area contributed by atoms with E-state index in [1.165, 1.54) is 4.90 Å². The van der Waals surface area contributed by atoms with Crippen molar-refractivity contribution in [2.24, 2.45) is 10.2 Å². The molecule has 1 fully saturated rings. The smallest absolute Gasteiger partial charge is 0.255 e. The molecule has 0 bridgehead atoms. The molecule has 3 aromatic rings. The SMILES string of the molecule is O=C1CCC(N2Cc3c(NC(=O)c4ccc(/N=N/c5ccc(OCCCl)cc5)cc4)cccc3C2=O)C(=O)N1. The lowest BCUT2D eigenvalue weighted by Gasteiger charge is -2.29. The van der Waals surface area contributed by atoms with Crippen LogP contribution in [0, 0.1) is 0 Å². The molecule has 198 valence electrons. The van der Waals surface area contributed by atoms with E-state index >= 15 is 0 Å².